The Morgan fingerprint density at radius 1 is 0.963 bits per heavy atom. The molecule has 2 aromatic rings. The molecule has 0 aromatic heterocycles. The molecule has 0 unspecified atom stereocenters. The highest BCUT2D eigenvalue weighted by Gasteiger charge is 2.53. The summed E-state index contributed by atoms with van der Waals surface area (Å²) < 4.78 is 27.6. The Balaban J connectivity index is 1.47. The van der Waals surface area contributed by atoms with E-state index in [1.54, 1.807) is 6.07 Å². The zero-order valence-corrected chi connectivity index (χ0v) is 15.7. The summed E-state index contributed by atoms with van der Waals surface area (Å²) in [6, 6.07) is 13.9. The fourth-order valence-corrected chi connectivity index (χ4v) is 5.70. The summed E-state index contributed by atoms with van der Waals surface area (Å²) in [6.45, 7) is 6.01. The predicted molar refractivity (Wildman–Crippen MR) is 103 cm³/mol. The van der Waals surface area contributed by atoms with Crippen molar-refractivity contribution < 1.29 is 8.78 Å². The molecule has 0 spiro atoms. The third-order valence-corrected chi connectivity index (χ3v) is 6.99. The van der Waals surface area contributed by atoms with Gasteiger partial charge in [-0.1, -0.05) is 35.9 Å². The van der Waals surface area contributed by atoms with Gasteiger partial charge in [-0.3, -0.25) is 9.80 Å². The maximum absolute atomic E-state index is 14.3. The molecule has 0 amide bonds. The molecular formula is C23H26F2N2. The first kappa shape index (κ1) is 17.3. The summed E-state index contributed by atoms with van der Waals surface area (Å²) in [6.07, 6.45) is 2.48. The van der Waals surface area contributed by atoms with Gasteiger partial charge in [0.2, 0.25) is 0 Å². The highest BCUT2D eigenvalue weighted by atomic mass is 19.1. The van der Waals surface area contributed by atoms with Gasteiger partial charge in [-0.2, -0.15) is 0 Å². The summed E-state index contributed by atoms with van der Waals surface area (Å²) in [5.74, 6) is 0.226. The van der Waals surface area contributed by atoms with Crippen molar-refractivity contribution in [1.29, 1.82) is 0 Å². The molecule has 27 heavy (non-hydrogen) atoms. The van der Waals surface area contributed by atoms with E-state index in [-0.39, 0.29) is 0 Å². The number of fused-ring (bicyclic) bond motifs is 2. The summed E-state index contributed by atoms with van der Waals surface area (Å²) in [7, 11) is 0. The second-order valence-corrected chi connectivity index (χ2v) is 8.54. The number of rotatable bonds is 3. The van der Waals surface area contributed by atoms with Crippen molar-refractivity contribution in [2.75, 3.05) is 19.6 Å². The summed E-state index contributed by atoms with van der Waals surface area (Å²) in [5.41, 5.74) is 3.28. The second kappa shape index (κ2) is 6.68. The molecule has 4 saturated heterocycles. The van der Waals surface area contributed by atoms with Crippen molar-refractivity contribution in [3.8, 4) is 0 Å². The third-order valence-electron chi connectivity index (χ3n) is 6.99. The minimum absolute atomic E-state index is 0.424. The lowest BCUT2D eigenvalue weighted by Crippen LogP contribution is -2.60. The Labute approximate surface area is 159 Å². The molecule has 4 aliphatic heterocycles. The van der Waals surface area contributed by atoms with Crippen LogP contribution in [0.4, 0.5) is 8.78 Å². The Morgan fingerprint density at radius 2 is 1.70 bits per heavy atom. The minimum Gasteiger partial charge on any atom is -0.298 e. The van der Waals surface area contributed by atoms with Crippen molar-refractivity contribution in [2.24, 2.45) is 5.92 Å². The highest BCUT2D eigenvalue weighted by molar-refractivity contribution is 5.30. The highest BCUT2D eigenvalue weighted by Crippen LogP contribution is 2.47. The number of piperidine rings is 3. The van der Waals surface area contributed by atoms with Gasteiger partial charge in [0.25, 0.3) is 0 Å². The summed E-state index contributed by atoms with van der Waals surface area (Å²) in [5, 5.41) is 0. The van der Waals surface area contributed by atoms with Gasteiger partial charge in [-0.25, -0.2) is 8.78 Å². The van der Waals surface area contributed by atoms with Gasteiger partial charge >= 0.3 is 0 Å². The summed E-state index contributed by atoms with van der Waals surface area (Å²) in [4.78, 5) is 5.14. The molecule has 4 fully saturated rings. The van der Waals surface area contributed by atoms with Crippen molar-refractivity contribution in [3.63, 3.8) is 0 Å². The quantitative estimate of drug-likeness (QED) is 0.795. The van der Waals surface area contributed by atoms with Gasteiger partial charge in [0.1, 0.15) is 11.6 Å². The number of aryl methyl sites for hydroxylation is 1. The molecule has 2 bridgehead atoms. The van der Waals surface area contributed by atoms with E-state index in [0.29, 0.717) is 36.0 Å². The van der Waals surface area contributed by atoms with Gasteiger partial charge in [0.15, 0.2) is 0 Å². The van der Waals surface area contributed by atoms with Crippen LogP contribution in [0.15, 0.2) is 42.5 Å². The average molecular weight is 368 g/mol. The van der Waals surface area contributed by atoms with Gasteiger partial charge in [-0.05, 0) is 50.4 Å². The van der Waals surface area contributed by atoms with Crippen LogP contribution in [0.2, 0.25) is 0 Å². The molecule has 0 saturated carbocycles. The molecule has 142 valence electrons. The fraction of sp³-hybridized carbons (Fsp3) is 0.478. The van der Waals surface area contributed by atoms with E-state index >= 15 is 0 Å². The standard InChI is InChI=1S/C23H26F2N2/c1-15-2-4-16(5-3-15)20-14-27(13-18-6-7-19(24)12-21(18)25)22-17-8-10-26(11-9-17)23(20)22/h2-7,12,17,20,22-23H,8-11,13-14H2,1H3/t20-,22+,23+/m0/s1. The van der Waals surface area contributed by atoms with Crippen LogP contribution in [-0.4, -0.2) is 41.5 Å². The van der Waals surface area contributed by atoms with Crippen molar-refractivity contribution >= 4 is 0 Å². The van der Waals surface area contributed by atoms with Gasteiger partial charge < -0.3 is 0 Å². The molecule has 0 N–H and O–H groups in total. The van der Waals surface area contributed by atoms with Crippen LogP contribution in [0.1, 0.15) is 35.4 Å². The zero-order chi connectivity index (χ0) is 18.5. The van der Waals surface area contributed by atoms with Crippen molar-refractivity contribution in [1.82, 2.24) is 9.80 Å². The van der Waals surface area contributed by atoms with E-state index < -0.39 is 11.6 Å². The van der Waals surface area contributed by atoms with Crippen molar-refractivity contribution in [3.05, 3.63) is 70.8 Å². The Bertz CT molecular complexity index is 827. The third kappa shape index (κ3) is 2.99. The molecule has 4 heterocycles. The van der Waals surface area contributed by atoms with Crippen LogP contribution in [-0.2, 0) is 6.54 Å². The first-order valence-corrected chi connectivity index (χ1v) is 10.1. The molecule has 0 radical (unpaired) electrons. The minimum atomic E-state index is -0.504. The number of nitrogens with zero attached hydrogens (tertiary/aromatic N) is 2. The zero-order valence-electron chi connectivity index (χ0n) is 15.7. The molecule has 6 rings (SSSR count). The molecule has 2 nitrogen and oxygen atoms in total. The van der Waals surface area contributed by atoms with E-state index in [0.717, 1.165) is 12.6 Å². The average Bonchev–Trinajstić information content (AvgIpc) is 3.07. The monoisotopic (exact) mass is 368 g/mol. The predicted octanol–water partition coefficient (Wildman–Crippen LogP) is 4.34. The van der Waals surface area contributed by atoms with Crippen LogP contribution in [0.5, 0.6) is 0 Å². The first-order valence-electron chi connectivity index (χ1n) is 10.1. The molecule has 4 aliphatic rings. The van der Waals surface area contributed by atoms with Gasteiger partial charge in [-0.15, -0.1) is 0 Å². The maximum atomic E-state index is 14.3. The summed E-state index contributed by atoms with van der Waals surface area (Å²) >= 11 is 0. The SMILES string of the molecule is Cc1ccc([C@@H]2CN(Cc3ccc(F)cc3F)[C@@H]3C4CCN(CC4)[C@@H]32)cc1. The van der Waals surface area contributed by atoms with E-state index in [2.05, 4.69) is 41.0 Å². The second-order valence-electron chi connectivity index (χ2n) is 8.54. The topological polar surface area (TPSA) is 6.48 Å². The first-order chi connectivity index (χ1) is 13.1. The van der Waals surface area contributed by atoms with E-state index in [4.69, 9.17) is 0 Å². The van der Waals surface area contributed by atoms with E-state index in [1.807, 2.05) is 0 Å². The van der Waals surface area contributed by atoms with Gasteiger partial charge in [0.05, 0.1) is 0 Å². The van der Waals surface area contributed by atoms with Crippen LogP contribution in [0.3, 0.4) is 0 Å². The number of hydrogen-bond donors (Lipinski definition) is 0. The van der Waals surface area contributed by atoms with Crippen LogP contribution < -0.4 is 0 Å². The lowest BCUT2D eigenvalue weighted by atomic mass is 9.75. The molecule has 2 aromatic carbocycles. The normalized spacial score (nSPS) is 32.6. The fourth-order valence-electron chi connectivity index (χ4n) is 5.70. The van der Waals surface area contributed by atoms with E-state index in [9.17, 15) is 8.78 Å². The lowest BCUT2D eigenvalue weighted by Gasteiger charge is -2.51. The Kier molecular flexibility index (Phi) is 4.29. The Morgan fingerprint density at radius 3 is 2.41 bits per heavy atom. The van der Waals surface area contributed by atoms with E-state index in [1.165, 1.54) is 43.1 Å². The number of hydrogen-bond acceptors (Lipinski definition) is 2. The smallest absolute Gasteiger partial charge is 0.130 e. The molecular weight excluding hydrogens is 342 g/mol. The van der Waals surface area contributed by atoms with Crippen LogP contribution in [0, 0.1) is 24.5 Å². The molecule has 4 heteroatoms. The molecule has 0 aliphatic carbocycles. The molecule has 3 atom stereocenters. The maximum Gasteiger partial charge on any atom is 0.130 e. The number of halogens is 2. The van der Waals surface area contributed by atoms with Crippen LogP contribution in [0.25, 0.3) is 0 Å². The van der Waals surface area contributed by atoms with Crippen LogP contribution >= 0.6 is 0 Å². The van der Waals surface area contributed by atoms with Gasteiger partial charge in [0, 0.05) is 42.7 Å². The number of benzene rings is 2. The number of likely N-dealkylation sites (tertiary alicyclic amines) is 1. The Hall–Kier alpha value is -1.78. The largest absolute Gasteiger partial charge is 0.298 e. The van der Waals surface area contributed by atoms with Crippen molar-refractivity contribution in [2.45, 2.75) is 44.3 Å². The lowest BCUT2D eigenvalue weighted by molar-refractivity contribution is -0.00892.